The fourth-order valence-corrected chi connectivity index (χ4v) is 3.91. The summed E-state index contributed by atoms with van der Waals surface area (Å²) in [5.41, 5.74) is 5.67. The summed E-state index contributed by atoms with van der Waals surface area (Å²) in [5, 5.41) is 0. The lowest BCUT2D eigenvalue weighted by Gasteiger charge is -2.32. The monoisotopic (exact) mass is 448 g/mol. The van der Waals surface area contributed by atoms with Gasteiger partial charge in [0.1, 0.15) is 17.9 Å². The zero-order valence-corrected chi connectivity index (χ0v) is 20.7. The highest BCUT2D eigenvalue weighted by Gasteiger charge is 2.26. The molecule has 4 heteroatoms. The minimum absolute atomic E-state index is 0.228. The van der Waals surface area contributed by atoms with Crippen molar-refractivity contribution in [3.05, 3.63) is 88.6 Å². The normalized spacial score (nSPS) is 17.0. The molecule has 4 nitrogen and oxygen atoms in total. The molecule has 0 N–H and O–H groups in total. The zero-order chi connectivity index (χ0) is 24.4. The fourth-order valence-electron chi connectivity index (χ4n) is 3.91. The van der Waals surface area contributed by atoms with Gasteiger partial charge in [0.2, 0.25) is 0 Å². The molecule has 0 saturated carbocycles. The van der Waals surface area contributed by atoms with Crippen LogP contribution in [0.25, 0.3) is 0 Å². The largest absolute Gasteiger partial charge is 0.489 e. The van der Waals surface area contributed by atoms with Gasteiger partial charge in [0, 0.05) is 6.92 Å². The molecule has 2 rings (SSSR count). The number of hydrogen-bond acceptors (Lipinski definition) is 4. The van der Waals surface area contributed by atoms with E-state index in [9.17, 15) is 9.59 Å². The zero-order valence-electron chi connectivity index (χ0n) is 20.7. The molecule has 33 heavy (non-hydrogen) atoms. The van der Waals surface area contributed by atoms with Crippen molar-refractivity contribution >= 4 is 11.9 Å². The third kappa shape index (κ3) is 8.38. The molecule has 1 aromatic carbocycles. The maximum absolute atomic E-state index is 12.0. The number of carbonyl (C=O) groups excluding carboxylic acids is 2. The molecule has 0 bridgehead atoms. The van der Waals surface area contributed by atoms with Crippen molar-refractivity contribution in [2.24, 2.45) is 5.41 Å². The van der Waals surface area contributed by atoms with E-state index in [0.717, 1.165) is 5.57 Å². The second-order valence-electron chi connectivity index (χ2n) is 9.17. The molecule has 0 atom stereocenters. The molecule has 0 radical (unpaired) electrons. The van der Waals surface area contributed by atoms with Crippen molar-refractivity contribution in [3.63, 3.8) is 0 Å². The summed E-state index contributed by atoms with van der Waals surface area (Å²) in [4.78, 5) is 23.1. The van der Waals surface area contributed by atoms with E-state index in [1.54, 1.807) is 24.3 Å². The highest BCUT2D eigenvalue weighted by molar-refractivity contribution is 5.98. The molecule has 0 saturated heterocycles. The van der Waals surface area contributed by atoms with Gasteiger partial charge in [-0.25, -0.2) is 4.79 Å². The van der Waals surface area contributed by atoms with E-state index < -0.39 is 11.9 Å². The van der Waals surface area contributed by atoms with Crippen molar-refractivity contribution in [2.75, 3.05) is 6.61 Å². The van der Waals surface area contributed by atoms with E-state index in [2.05, 4.69) is 50.7 Å². The Hall–Kier alpha value is -3.14. The van der Waals surface area contributed by atoms with E-state index in [0.29, 0.717) is 12.4 Å². The minimum Gasteiger partial charge on any atom is -0.489 e. The molecule has 0 spiro atoms. The van der Waals surface area contributed by atoms with Crippen LogP contribution in [0.5, 0.6) is 5.75 Å². The van der Waals surface area contributed by atoms with Crippen LogP contribution in [0.15, 0.2) is 83.0 Å². The highest BCUT2D eigenvalue weighted by Crippen LogP contribution is 2.40. The van der Waals surface area contributed by atoms with Gasteiger partial charge in [0.25, 0.3) is 0 Å². The number of benzene rings is 1. The third-order valence-corrected chi connectivity index (χ3v) is 5.76. The SMILES string of the molecule is CC(=O)OC(=O)c1ccccc1OCC=C(C)C=CC=C(C)C=CC1=C(C)CCCC1(C)C. The highest BCUT2D eigenvalue weighted by atomic mass is 16.6. The number of allylic oxidation sites excluding steroid dienone is 9. The number of rotatable bonds is 8. The Labute approximate surface area is 198 Å². The number of hydrogen-bond donors (Lipinski definition) is 0. The van der Waals surface area contributed by atoms with Gasteiger partial charge in [-0.1, -0.05) is 73.1 Å². The van der Waals surface area contributed by atoms with Crippen LogP contribution in [-0.4, -0.2) is 18.5 Å². The van der Waals surface area contributed by atoms with Crippen molar-refractivity contribution < 1.29 is 19.1 Å². The van der Waals surface area contributed by atoms with E-state index >= 15 is 0 Å². The van der Waals surface area contributed by atoms with Gasteiger partial charge >= 0.3 is 11.9 Å². The topological polar surface area (TPSA) is 52.6 Å². The van der Waals surface area contributed by atoms with Crippen molar-refractivity contribution in [1.82, 2.24) is 0 Å². The first-order valence-electron chi connectivity index (χ1n) is 11.4. The Balaban J connectivity index is 1.95. The molecule has 0 aromatic heterocycles. The molecule has 0 fully saturated rings. The molecule has 1 aliphatic rings. The van der Waals surface area contributed by atoms with Crippen LogP contribution >= 0.6 is 0 Å². The Morgan fingerprint density at radius 2 is 1.79 bits per heavy atom. The molecule has 0 heterocycles. The van der Waals surface area contributed by atoms with Crippen molar-refractivity contribution in [2.45, 2.75) is 60.8 Å². The van der Waals surface area contributed by atoms with Crippen LogP contribution in [-0.2, 0) is 9.53 Å². The summed E-state index contributed by atoms with van der Waals surface area (Å²) < 4.78 is 10.4. The first kappa shape index (κ1) is 26.1. The van der Waals surface area contributed by atoms with E-state index in [-0.39, 0.29) is 11.0 Å². The fraction of sp³-hybridized carbons (Fsp3) is 0.379. The smallest absolute Gasteiger partial charge is 0.349 e. The molecular formula is C29H36O4. The lowest BCUT2D eigenvalue weighted by atomic mass is 9.72. The molecule has 1 aromatic rings. The molecular weight excluding hydrogens is 412 g/mol. The predicted octanol–water partition coefficient (Wildman–Crippen LogP) is 7.30. The van der Waals surface area contributed by atoms with Crippen LogP contribution in [0.2, 0.25) is 0 Å². The van der Waals surface area contributed by atoms with Gasteiger partial charge in [0.15, 0.2) is 0 Å². The number of carbonyl (C=O) groups is 2. The van der Waals surface area contributed by atoms with Crippen molar-refractivity contribution in [1.29, 1.82) is 0 Å². The van der Waals surface area contributed by atoms with Gasteiger partial charge in [-0.15, -0.1) is 0 Å². The number of para-hydroxylation sites is 1. The van der Waals surface area contributed by atoms with Gasteiger partial charge in [-0.05, 0) is 69.2 Å². The van der Waals surface area contributed by atoms with Gasteiger partial charge < -0.3 is 9.47 Å². The second kappa shape index (κ2) is 12.2. The first-order valence-corrected chi connectivity index (χ1v) is 11.4. The number of ether oxygens (including phenoxy) is 2. The Kier molecular flexibility index (Phi) is 9.65. The van der Waals surface area contributed by atoms with Crippen LogP contribution < -0.4 is 4.74 Å². The van der Waals surface area contributed by atoms with Gasteiger partial charge in [-0.3, -0.25) is 4.79 Å². The summed E-state index contributed by atoms with van der Waals surface area (Å²) in [6.07, 6.45) is 16.2. The Morgan fingerprint density at radius 3 is 2.48 bits per heavy atom. The summed E-state index contributed by atoms with van der Waals surface area (Å²) in [5.74, 6) is -0.981. The summed E-state index contributed by atoms with van der Waals surface area (Å²) in [6, 6.07) is 6.72. The average molecular weight is 449 g/mol. The minimum atomic E-state index is -0.713. The second-order valence-corrected chi connectivity index (χ2v) is 9.17. The van der Waals surface area contributed by atoms with Crippen LogP contribution in [0.4, 0.5) is 0 Å². The standard InChI is InChI=1S/C29H36O4/c1-21(16-17-26-23(3)13-10-19-29(26,5)6)11-9-12-22(2)18-20-32-27-15-8-7-14-25(27)28(31)33-24(4)30/h7-9,11-12,14-18H,10,13,19-20H2,1-6H3. The van der Waals surface area contributed by atoms with Crippen LogP contribution in [0.3, 0.4) is 0 Å². The van der Waals surface area contributed by atoms with E-state index in [4.69, 9.17) is 4.74 Å². The van der Waals surface area contributed by atoms with Gasteiger partial charge in [0.05, 0.1) is 0 Å². The van der Waals surface area contributed by atoms with E-state index in [1.807, 2.05) is 25.2 Å². The molecule has 0 unspecified atom stereocenters. The first-order chi connectivity index (χ1) is 15.6. The average Bonchev–Trinajstić information content (AvgIpc) is 2.72. The summed E-state index contributed by atoms with van der Waals surface area (Å²) in [6.45, 7) is 12.5. The quantitative estimate of drug-likeness (QED) is 0.238. The van der Waals surface area contributed by atoms with Gasteiger partial charge in [-0.2, -0.15) is 0 Å². The van der Waals surface area contributed by atoms with Crippen molar-refractivity contribution in [3.8, 4) is 5.75 Å². The van der Waals surface area contributed by atoms with Crippen LogP contribution in [0.1, 0.15) is 71.2 Å². The maximum atomic E-state index is 12.0. The summed E-state index contributed by atoms with van der Waals surface area (Å²) in [7, 11) is 0. The lowest BCUT2D eigenvalue weighted by Crippen LogP contribution is -2.19. The number of esters is 2. The molecule has 0 aliphatic heterocycles. The molecule has 0 amide bonds. The predicted molar refractivity (Wildman–Crippen MR) is 134 cm³/mol. The Bertz CT molecular complexity index is 1020. The molecule has 176 valence electrons. The summed E-state index contributed by atoms with van der Waals surface area (Å²) >= 11 is 0. The maximum Gasteiger partial charge on any atom is 0.349 e. The Morgan fingerprint density at radius 1 is 1.06 bits per heavy atom. The third-order valence-electron chi connectivity index (χ3n) is 5.76. The lowest BCUT2D eigenvalue weighted by molar-refractivity contribution is -0.135. The molecule has 1 aliphatic carbocycles. The van der Waals surface area contributed by atoms with E-state index in [1.165, 1.54) is 42.9 Å². The van der Waals surface area contributed by atoms with Crippen LogP contribution in [0, 0.1) is 5.41 Å².